The maximum absolute atomic E-state index is 5.98. The first-order valence-electron chi connectivity index (χ1n) is 9.66. The smallest absolute Gasteiger partial charge is 0.222 e. The number of nitrogens with one attached hydrogen (secondary N) is 2. The van der Waals surface area contributed by atoms with Crippen LogP contribution >= 0.6 is 0 Å². The van der Waals surface area contributed by atoms with Gasteiger partial charge in [0, 0.05) is 53.2 Å². The highest BCUT2D eigenvalue weighted by Gasteiger charge is 2.11. The number of morpholine rings is 1. The lowest BCUT2D eigenvalue weighted by atomic mass is 10.1. The van der Waals surface area contributed by atoms with Gasteiger partial charge in [0.15, 0.2) is 0 Å². The molecule has 0 atom stereocenters. The molecule has 1 aliphatic heterocycles. The van der Waals surface area contributed by atoms with E-state index in [4.69, 9.17) is 10.5 Å². The average molecular weight is 386 g/mol. The van der Waals surface area contributed by atoms with Crippen LogP contribution in [0.1, 0.15) is 0 Å². The van der Waals surface area contributed by atoms with E-state index in [0.717, 1.165) is 54.2 Å². The number of rotatable bonds is 4. The third-order valence-electron chi connectivity index (χ3n) is 5.11. The van der Waals surface area contributed by atoms with Crippen LogP contribution in [0.25, 0.3) is 22.2 Å². The van der Waals surface area contributed by atoms with Gasteiger partial charge < -0.3 is 25.7 Å². The molecule has 2 aromatic carbocycles. The third-order valence-corrected chi connectivity index (χ3v) is 5.11. The van der Waals surface area contributed by atoms with E-state index in [1.54, 1.807) is 0 Å². The Morgan fingerprint density at radius 3 is 2.62 bits per heavy atom. The molecular formula is C22H22N6O. The zero-order valence-electron chi connectivity index (χ0n) is 15.9. The van der Waals surface area contributed by atoms with Crippen molar-refractivity contribution in [3.05, 3.63) is 60.8 Å². The number of benzene rings is 2. The molecule has 2 aromatic heterocycles. The zero-order valence-corrected chi connectivity index (χ0v) is 15.9. The summed E-state index contributed by atoms with van der Waals surface area (Å²) in [6, 6.07) is 18.4. The summed E-state index contributed by atoms with van der Waals surface area (Å²) in [4.78, 5) is 14.3. The number of hydrogen-bond acceptors (Lipinski definition) is 6. The molecule has 0 amide bonds. The molecule has 29 heavy (non-hydrogen) atoms. The molecule has 0 spiro atoms. The quantitative estimate of drug-likeness (QED) is 0.494. The summed E-state index contributed by atoms with van der Waals surface area (Å²) >= 11 is 0. The van der Waals surface area contributed by atoms with E-state index < -0.39 is 0 Å². The van der Waals surface area contributed by atoms with Gasteiger partial charge in [0.1, 0.15) is 5.82 Å². The lowest BCUT2D eigenvalue weighted by Gasteiger charge is -2.28. The van der Waals surface area contributed by atoms with E-state index >= 15 is 0 Å². The summed E-state index contributed by atoms with van der Waals surface area (Å²) in [5.74, 6) is 0.907. The molecule has 0 unspecified atom stereocenters. The lowest BCUT2D eigenvalue weighted by Crippen LogP contribution is -2.36. The van der Waals surface area contributed by atoms with Crippen LogP contribution in [0.3, 0.4) is 0 Å². The number of aromatic nitrogens is 3. The van der Waals surface area contributed by atoms with Gasteiger partial charge in [-0.1, -0.05) is 6.07 Å². The molecule has 1 fully saturated rings. The maximum Gasteiger partial charge on any atom is 0.222 e. The molecule has 3 heterocycles. The highest BCUT2D eigenvalue weighted by atomic mass is 16.5. The van der Waals surface area contributed by atoms with Crippen LogP contribution in [0.5, 0.6) is 0 Å². The second-order valence-electron chi connectivity index (χ2n) is 7.05. The Morgan fingerprint density at radius 2 is 1.79 bits per heavy atom. The topological polar surface area (TPSA) is 92.1 Å². The Labute approximate surface area is 168 Å². The van der Waals surface area contributed by atoms with Gasteiger partial charge in [0.2, 0.25) is 5.95 Å². The number of nitrogens with zero attached hydrogens (tertiary/aromatic N) is 3. The number of hydrogen-bond donors (Lipinski definition) is 3. The SMILES string of the molecule is Nc1nc(Nc2ccc(N3CCOCC3)cc2)cc(-c2ccc3[nH]ccc3c2)n1. The summed E-state index contributed by atoms with van der Waals surface area (Å²) in [6.07, 6.45) is 1.93. The van der Waals surface area contributed by atoms with Gasteiger partial charge in [0.25, 0.3) is 0 Å². The van der Waals surface area contributed by atoms with Crippen molar-refractivity contribution in [2.45, 2.75) is 0 Å². The van der Waals surface area contributed by atoms with E-state index in [2.05, 4.69) is 55.5 Å². The van der Waals surface area contributed by atoms with Crippen LogP contribution < -0.4 is 16.0 Å². The summed E-state index contributed by atoms with van der Waals surface area (Å²) < 4.78 is 5.42. The lowest BCUT2D eigenvalue weighted by molar-refractivity contribution is 0.122. The van der Waals surface area contributed by atoms with Gasteiger partial charge in [-0.3, -0.25) is 0 Å². The monoisotopic (exact) mass is 386 g/mol. The van der Waals surface area contributed by atoms with Crippen LogP contribution in [0, 0.1) is 0 Å². The highest BCUT2D eigenvalue weighted by Crippen LogP contribution is 2.27. The minimum atomic E-state index is 0.240. The number of anilines is 4. The molecule has 4 N–H and O–H groups in total. The Hall–Kier alpha value is -3.58. The minimum absolute atomic E-state index is 0.240. The maximum atomic E-state index is 5.98. The molecule has 146 valence electrons. The van der Waals surface area contributed by atoms with E-state index in [9.17, 15) is 0 Å². The summed E-state index contributed by atoms with van der Waals surface area (Å²) in [6.45, 7) is 3.39. The molecule has 0 radical (unpaired) electrons. The summed E-state index contributed by atoms with van der Waals surface area (Å²) in [7, 11) is 0. The number of aromatic amines is 1. The second kappa shape index (κ2) is 7.44. The predicted molar refractivity (Wildman–Crippen MR) is 116 cm³/mol. The van der Waals surface area contributed by atoms with Crippen LogP contribution in [0.4, 0.5) is 23.1 Å². The number of ether oxygens (including phenoxy) is 1. The molecule has 1 saturated heterocycles. The molecule has 0 saturated carbocycles. The number of fused-ring (bicyclic) bond motifs is 1. The number of nitrogen functional groups attached to an aromatic ring is 1. The van der Waals surface area contributed by atoms with Crippen molar-refractivity contribution in [2.24, 2.45) is 0 Å². The summed E-state index contributed by atoms with van der Waals surface area (Å²) in [5.41, 5.74) is 11.0. The predicted octanol–water partition coefficient (Wildman–Crippen LogP) is 3.79. The highest BCUT2D eigenvalue weighted by molar-refractivity contribution is 5.84. The van der Waals surface area contributed by atoms with Crippen molar-refractivity contribution in [1.82, 2.24) is 15.0 Å². The fourth-order valence-corrected chi connectivity index (χ4v) is 3.62. The van der Waals surface area contributed by atoms with Gasteiger partial charge >= 0.3 is 0 Å². The first-order chi connectivity index (χ1) is 14.2. The number of H-pyrrole nitrogens is 1. The van der Waals surface area contributed by atoms with Crippen LogP contribution in [0.2, 0.25) is 0 Å². The first-order valence-corrected chi connectivity index (χ1v) is 9.66. The van der Waals surface area contributed by atoms with E-state index in [-0.39, 0.29) is 5.95 Å². The Kier molecular flexibility index (Phi) is 4.50. The molecule has 7 nitrogen and oxygen atoms in total. The van der Waals surface area contributed by atoms with Gasteiger partial charge in [-0.25, -0.2) is 4.98 Å². The molecule has 0 bridgehead atoms. The molecule has 5 rings (SSSR count). The fourth-order valence-electron chi connectivity index (χ4n) is 3.62. The molecule has 1 aliphatic rings. The molecule has 7 heteroatoms. The van der Waals surface area contributed by atoms with Crippen molar-refractivity contribution in [3.8, 4) is 11.3 Å². The Bertz CT molecular complexity index is 1130. The van der Waals surface area contributed by atoms with E-state index in [1.165, 1.54) is 5.69 Å². The van der Waals surface area contributed by atoms with Crippen molar-refractivity contribution >= 4 is 34.0 Å². The van der Waals surface area contributed by atoms with E-state index in [0.29, 0.717) is 5.82 Å². The molecular weight excluding hydrogens is 364 g/mol. The normalized spacial score (nSPS) is 14.3. The minimum Gasteiger partial charge on any atom is -0.378 e. The standard InChI is InChI=1S/C22H22N6O/c23-22-26-20(15-1-6-19-16(13-15)7-8-24-19)14-21(27-22)25-17-2-4-18(5-3-17)28-9-11-29-12-10-28/h1-8,13-14,24H,9-12H2,(H3,23,25,26,27). The van der Waals surface area contributed by atoms with Crippen LogP contribution in [-0.4, -0.2) is 41.3 Å². The third kappa shape index (κ3) is 3.72. The second-order valence-corrected chi connectivity index (χ2v) is 7.05. The van der Waals surface area contributed by atoms with Gasteiger partial charge in [-0.15, -0.1) is 0 Å². The Balaban J connectivity index is 1.38. The molecule has 0 aliphatic carbocycles. The van der Waals surface area contributed by atoms with Gasteiger partial charge in [-0.05, 0) is 42.5 Å². The number of nitrogens with two attached hydrogens (primary N) is 1. The average Bonchev–Trinajstić information content (AvgIpc) is 3.22. The fraction of sp³-hybridized carbons (Fsp3) is 0.182. The summed E-state index contributed by atoms with van der Waals surface area (Å²) in [5, 5.41) is 4.47. The van der Waals surface area contributed by atoms with Crippen molar-refractivity contribution < 1.29 is 4.74 Å². The van der Waals surface area contributed by atoms with Crippen molar-refractivity contribution in [3.63, 3.8) is 0 Å². The van der Waals surface area contributed by atoms with Crippen molar-refractivity contribution in [1.29, 1.82) is 0 Å². The zero-order chi connectivity index (χ0) is 19.6. The van der Waals surface area contributed by atoms with Crippen molar-refractivity contribution in [2.75, 3.05) is 42.3 Å². The van der Waals surface area contributed by atoms with Gasteiger partial charge in [0.05, 0.1) is 18.9 Å². The Morgan fingerprint density at radius 1 is 0.966 bits per heavy atom. The molecule has 4 aromatic rings. The van der Waals surface area contributed by atoms with Gasteiger partial charge in [-0.2, -0.15) is 4.98 Å². The van der Waals surface area contributed by atoms with Crippen LogP contribution in [0.15, 0.2) is 60.8 Å². The van der Waals surface area contributed by atoms with E-state index in [1.807, 2.05) is 30.5 Å². The van der Waals surface area contributed by atoms with Crippen LogP contribution in [-0.2, 0) is 4.74 Å². The largest absolute Gasteiger partial charge is 0.378 e. The first kappa shape index (κ1) is 17.5.